The van der Waals surface area contributed by atoms with Gasteiger partial charge >= 0.3 is 39.5 Å². The van der Waals surface area contributed by atoms with E-state index in [9.17, 15) is 43.2 Å². The minimum Gasteiger partial charge on any atom is -0.462 e. The first-order valence-corrected chi connectivity index (χ1v) is 44.0. The quantitative estimate of drug-likeness (QED) is 0.0222. The summed E-state index contributed by atoms with van der Waals surface area (Å²) in [7, 11) is -9.91. The molecule has 5 atom stereocenters. The monoisotopic (exact) mass is 1440 g/mol. The summed E-state index contributed by atoms with van der Waals surface area (Å²) >= 11 is 0. The maximum atomic E-state index is 13.1. The lowest BCUT2D eigenvalue weighted by molar-refractivity contribution is -0.161. The van der Waals surface area contributed by atoms with Gasteiger partial charge in [-0.05, 0) is 37.5 Å². The van der Waals surface area contributed by atoms with Gasteiger partial charge in [0.1, 0.15) is 19.3 Å². The van der Waals surface area contributed by atoms with E-state index in [1.165, 1.54) is 225 Å². The van der Waals surface area contributed by atoms with Crippen LogP contribution in [0, 0.1) is 11.8 Å². The van der Waals surface area contributed by atoms with Crippen molar-refractivity contribution in [3.8, 4) is 0 Å². The highest BCUT2D eigenvalue weighted by Gasteiger charge is 2.30. The van der Waals surface area contributed by atoms with Gasteiger partial charge in [0.15, 0.2) is 12.2 Å². The Morgan fingerprint density at radius 1 is 0.276 bits per heavy atom. The molecule has 0 spiro atoms. The number of carbonyl (C=O) groups excluding carboxylic acids is 4. The summed E-state index contributed by atoms with van der Waals surface area (Å²) in [5.74, 6) is -0.650. The molecule has 0 aliphatic rings. The lowest BCUT2D eigenvalue weighted by Gasteiger charge is -2.21. The molecule has 2 unspecified atom stereocenters. The van der Waals surface area contributed by atoms with Crippen LogP contribution in [0.4, 0.5) is 0 Å². The molecule has 3 N–H and O–H groups in total. The standard InChI is InChI=1S/C79H154O17P2/c1-7-9-11-13-15-17-19-21-22-23-24-25-26-27-28-29-31-33-39-45-52-58-64-79(84)95-74(67-89-76(81)61-55-49-43-37-35-34-36-41-47-53-59-71(3)4)69-93-97(85,86)91-65-73(80)66-92-98(87,88)94-70-75(68-90-77(82)62-56-50-46-40-42-48-54-60-72(5)6)96-78(83)63-57-51-44-38-32-30-20-18-16-14-12-10-8-2/h71-75,80H,7-70H2,1-6H3,(H,85,86)(H,87,88)/t73-,74-,75-/m1/s1. The number of esters is 4. The van der Waals surface area contributed by atoms with Gasteiger partial charge in [-0.1, -0.05) is 363 Å². The average Bonchev–Trinajstić information content (AvgIpc) is 0.974. The fourth-order valence-corrected chi connectivity index (χ4v) is 13.8. The van der Waals surface area contributed by atoms with Crippen LogP contribution in [0.2, 0.25) is 0 Å². The lowest BCUT2D eigenvalue weighted by Crippen LogP contribution is -2.30. The van der Waals surface area contributed by atoms with Crippen LogP contribution >= 0.6 is 15.6 Å². The van der Waals surface area contributed by atoms with Crippen LogP contribution in [0.25, 0.3) is 0 Å². The molecule has 0 aliphatic heterocycles. The summed E-state index contributed by atoms with van der Waals surface area (Å²) in [5, 5.41) is 10.6. The Morgan fingerprint density at radius 3 is 0.694 bits per heavy atom. The zero-order chi connectivity index (χ0) is 72.1. The van der Waals surface area contributed by atoms with Crippen molar-refractivity contribution in [2.24, 2.45) is 11.8 Å². The van der Waals surface area contributed by atoms with E-state index in [0.29, 0.717) is 31.6 Å². The molecule has 582 valence electrons. The highest BCUT2D eigenvalue weighted by atomic mass is 31.2. The predicted molar refractivity (Wildman–Crippen MR) is 400 cm³/mol. The normalized spacial score (nSPS) is 13.9. The van der Waals surface area contributed by atoms with E-state index in [4.69, 9.17) is 37.0 Å². The maximum absolute atomic E-state index is 13.1. The number of unbranched alkanes of at least 4 members (excludes halogenated alkanes) is 48. The molecule has 0 rings (SSSR count). The van der Waals surface area contributed by atoms with Crippen molar-refractivity contribution in [2.75, 3.05) is 39.6 Å². The number of carbonyl (C=O) groups is 4. The topological polar surface area (TPSA) is 237 Å². The molecule has 0 aliphatic carbocycles. The molecule has 19 heteroatoms. The van der Waals surface area contributed by atoms with E-state index in [2.05, 4.69) is 41.5 Å². The van der Waals surface area contributed by atoms with Gasteiger partial charge in [-0.15, -0.1) is 0 Å². The first-order chi connectivity index (χ1) is 47.4. The fourth-order valence-electron chi connectivity index (χ4n) is 12.2. The molecule has 0 aromatic carbocycles. The molecular weight excluding hydrogens is 1280 g/mol. The number of aliphatic hydroxyl groups is 1. The summed E-state index contributed by atoms with van der Waals surface area (Å²) in [6.07, 6.45) is 59.9. The minimum absolute atomic E-state index is 0.107. The number of aliphatic hydroxyl groups excluding tert-OH is 1. The number of ether oxygens (including phenoxy) is 4. The van der Waals surface area contributed by atoms with Gasteiger partial charge in [-0.2, -0.15) is 0 Å². The number of hydrogen-bond donors (Lipinski definition) is 3. The van der Waals surface area contributed by atoms with Gasteiger partial charge in [-0.25, -0.2) is 9.13 Å². The molecule has 0 saturated heterocycles. The summed E-state index contributed by atoms with van der Waals surface area (Å²) in [6.45, 7) is 9.55. The van der Waals surface area contributed by atoms with Gasteiger partial charge in [0.05, 0.1) is 26.4 Å². The summed E-state index contributed by atoms with van der Waals surface area (Å²) in [5.41, 5.74) is 0. The van der Waals surface area contributed by atoms with Crippen molar-refractivity contribution in [2.45, 2.75) is 432 Å². The number of hydrogen-bond acceptors (Lipinski definition) is 15. The molecule has 0 radical (unpaired) electrons. The lowest BCUT2D eigenvalue weighted by atomic mass is 10.0. The van der Waals surface area contributed by atoms with Crippen LogP contribution in [-0.2, 0) is 65.4 Å². The smallest absolute Gasteiger partial charge is 0.462 e. The van der Waals surface area contributed by atoms with E-state index in [1.807, 2.05) is 0 Å². The highest BCUT2D eigenvalue weighted by molar-refractivity contribution is 7.47. The Kier molecular flexibility index (Phi) is 69.3. The average molecular weight is 1440 g/mol. The van der Waals surface area contributed by atoms with Crippen LogP contribution in [0.3, 0.4) is 0 Å². The Bertz CT molecular complexity index is 1890. The molecule has 0 amide bonds. The minimum atomic E-state index is -4.96. The third-order valence-corrected chi connectivity index (χ3v) is 20.4. The third-order valence-electron chi connectivity index (χ3n) is 18.5. The molecule has 0 aromatic rings. The van der Waals surface area contributed by atoms with Crippen LogP contribution in [-0.4, -0.2) is 96.7 Å². The van der Waals surface area contributed by atoms with Gasteiger partial charge in [0.2, 0.25) is 0 Å². The first-order valence-electron chi connectivity index (χ1n) is 41.0. The Balaban J connectivity index is 5.19. The summed E-state index contributed by atoms with van der Waals surface area (Å²) in [6, 6.07) is 0. The van der Waals surface area contributed by atoms with Crippen LogP contribution < -0.4 is 0 Å². The van der Waals surface area contributed by atoms with Crippen molar-refractivity contribution >= 4 is 39.5 Å². The van der Waals surface area contributed by atoms with Gasteiger partial charge < -0.3 is 33.8 Å². The van der Waals surface area contributed by atoms with Gasteiger partial charge in [0, 0.05) is 25.7 Å². The van der Waals surface area contributed by atoms with Crippen LogP contribution in [0.15, 0.2) is 0 Å². The second kappa shape index (κ2) is 70.7. The second-order valence-electron chi connectivity index (χ2n) is 29.4. The van der Waals surface area contributed by atoms with E-state index in [1.54, 1.807) is 0 Å². The van der Waals surface area contributed by atoms with E-state index < -0.39 is 97.5 Å². The van der Waals surface area contributed by atoms with Crippen LogP contribution in [0.1, 0.15) is 414 Å². The third kappa shape index (κ3) is 72.4. The SMILES string of the molecule is CCCCCCCCCCCCCCCCCCCCCCCCC(=O)O[C@H](COC(=O)CCCCCCCCCCCCC(C)C)COP(=O)(O)OC[C@@H](O)COP(=O)(O)OC[C@@H](COC(=O)CCCCCCCCCC(C)C)OC(=O)CCCCCCCCCCCCCCC. The summed E-state index contributed by atoms with van der Waals surface area (Å²) < 4.78 is 68.6. The molecule has 0 bridgehead atoms. The Labute approximate surface area is 600 Å². The van der Waals surface area contributed by atoms with Crippen molar-refractivity contribution in [3.05, 3.63) is 0 Å². The zero-order valence-corrected chi connectivity index (χ0v) is 65.9. The molecule has 0 fully saturated rings. The Hall–Kier alpha value is -1.94. The highest BCUT2D eigenvalue weighted by Crippen LogP contribution is 2.45. The van der Waals surface area contributed by atoms with E-state index in [0.717, 1.165) is 102 Å². The van der Waals surface area contributed by atoms with Gasteiger partial charge in [-0.3, -0.25) is 37.3 Å². The number of phosphoric acid groups is 2. The van der Waals surface area contributed by atoms with Crippen molar-refractivity contribution in [3.63, 3.8) is 0 Å². The van der Waals surface area contributed by atoms with Crippen molar-refractivity contribution in [1.29, 1.82) is 0 Å². The molecule has 0 saturated carbocycles. The van der Waals surface area contributed by atoms with Gasteiger partial charge in [0.25, 0.3) is 0 Å². The number of rotatable bonds is 78. The Morgan fingerprint density at radius 2 is 0.469 bits per heavy atom. The number of phosphoric ester groups is 2. The van der Waals surface area contributed by atoms with E-state index in [-0.39, 0.29) is 25.7 Å². The second-order valence-corrected chi connectivity index (χ2v) is 32.3. The molecule has 0 aromatic heterocycles. The predicted octanol–water partition coefficient (Wildman–Crippen LogP) is 23.5. The molecule has 0 heterocycles. The van der Waals surface area contributed by atoms with E-state index >= 15 is 0 Å². The molecular formula is C79H154O17P2. The largest absolute Gasteiger partial charge is 0.472 e. The van der Waals surface area contributed by atoms with Crippen molar-refractivity contribution in [1.82, 2.24) is 0 Å². The van der Waals surface area contributed by atoms with Crippen LogP contribution in [0.5, 0.6) is 0 Å². The molecule has 17 nitrogen and oxygen atoms in total. The van der Waals surface area contributed by atoms with Crippen molar-refractivity contribution < 1.29 is 80.2 Å². The molecule has 98 heavy (non-hydrogen) atoms. The maximum Gasteiger partial charge on any atom is 0.472 e. The first kappa shape index (κ1) is 96.1. The zero-order valence-electron chi connectivity index (χ0n) is 64.1. The summed E-state index contributed by atoms with van der Waals surface area (Å²) in [4.78, 5) is 72.9. The fraction of sp³-hybridized carbons (Fsp3) is 0.949.